The summed E-state index contributed by atoms with van der Waals surface area (Å²) in [5.74, 6) is 1.61. The number of nitrogens with zero attached hydrogens (tertiary/aromatic N) is 2. The van der Waals surface area contributed by atoms with Crippen molar-refractivity contribution in [2.75, 3.05) is 12.4 Å². The van der Waals surface area contributed by atoms with Gasteiger partial charge in [0.15, 0.2) is 5.16 Å². The van der Waals surface area contributed by atoms with Gasteiger partial charge < -0.3 is 9.15 Å². The summed E-state index contributed by atoms with van der Waals surface area (Å²) >= 11 is 3.34. The Balaban J connectivity index is 1.58. The Labute approximate surface area is 165 Å². The van der Waals surface area contributed by atoms with E-state index >= 15 is 0 Å². The van der Waals surface area contributed by atoms with Crippen LogP contribution >= 0.6 is 23.1 Å². The molecule has 0 unspecified atom stereocenters. The molecule has 1 saturated heterocycles. The molecule has 3 aromatic heterocycles. The Morgan fingerprint density at radius 3 is 3.04 bits per heavy atom. The highest BCUT2D eigenvalue weighted by molar-refractivity contribution is 7.99. The summed E-state index contributed by atoms with van der Waals surface area (Å²) in [4.78, 5) is 20.6. The Morgan fingerprint density at radius 2 is 2.22 bits per heavy atom. The average Bonchev–Trinajstić information content (AvgIpc) is 3.43. The van der Waals surface area contributed by atoms with Gasteiger partial charge in [0.25, 0.3) is 5.56 Å². The lowest BCUT2D eigenvalue weighted by Gasteiger charge is -2.14. The van der Waals surface area contributed by atoms with E-state index in [9.17, 15) is 4.79 Å². The first-order valence-corrected chi connectivity index (χ1v) is 11.4. The maximum Gasteiger partial charge on any atom is 0.263 e. The summed E-state index contributed by atoms with van der Waals surface area (Å²) < 4.78 is 13.1. The second-order valence-corrected chi connectivity index (χ2v) is 9.27. The van der Waals surface area contributed by atoms with Gasteiger partial charge >= 0.3 is 0 Å². The summed E-state index contributed by atoms with van der Waals surface area (Å²) in [6.45, 7) is 1.27. The first kappa shape index (κ1) is 17.5. The second-order valence-electron chi connectivity index (χ2n) is 7.20. The van der Waals surface area contributed by atoms with Gasteiger partial charge in [-0.2, -0.15) is 0 Å². The zero-order chi connectivity index (χ0) is 18.2. The van der Waals surface area contributed by atoms with Crippen molar-refractivity contribution in [3.63, 3.8) is 0 Å². The SMILES string of the molecule is O=c1c2c3c(sc2nc(SC[C@H]2CCCO2)n1Cc1ccco1)CCCC3. The molecule has 5 nitrogen and oxygen atoms in total. The number of aromatic nitrogens is 2. The van der Waals surface area contributed by atoms with E-state index < -0.39 is 0 Å². The highest BCUT2D eigenvalue weighted by Gasteiger charge is 2.24. The molecule has 0 amide bonds. The number of ether oxygens (including phenoxy) is 1. The fourth-order valence-corrected chi connectivity index (χ4v) is 6.34. The molecule has 3 aromatic rings. The normalized spacial score (nSPS) is 19.6. The number of fused-ring (bicyclic) bond motifs is 3. The van der Waals surface area contributed by atoms with Crippen molar-refractivity contribution >= 4 is 33.3 Å². The summed E-state index contributed by atoms with van der Waals surface area (Å²) in [5, 5.41) is 1.61. The Kier molecular flexibility index (Phi) is 4.83. The molecule has 0 aromatic carbocycles. The molecule has 5 rings (SSSR count). The fourth-order valence-electron chi connectivity index (χ4n) is 3.97. The largest absolute Gasteiger partial charge is 0.467 e. The van der Waals surface area contributed by atoms with Crippen LogP contribution in [0.2, 0.25) is 0 Å². The third kappa shape index (κ3) is 3.37. The Bertz CT molecular complexity index is 1000. The Hall–Kier alpha value is -1.57. The van der Waals surface area contributed by atoms with Gasteiger partial charge in [-0.05, 0) is 56.2 Å². The molecule has 0 radical (unpaired) electrons. The molecular formula is C20H22N2O3S2. The third-order valence-corrected chi connectivity index (χ3v) is 7.65. The van der Waals surface area contributed by atoms with Crippen LogP contribution in [0.3, 0.4) is 0 Å². The molecule has 142 valence electrons. The van der Waals surface area contributed by atoms with Crippen LogP contribution in [0.4, 0.5) is 0 Å². The number of furan rings is 1. The van der Waals surface area contributed by atoms with Gasteiger partial charge in [-0.15, -0.1) is 11.3 Å². The van der Waals surface area contributed by atoms with Crippen LogP contribution in [0.15, 0.2) is 32.8 Å². The van der Waals surface area contributed by atoms with Crippen molar-refractivity contribution in [3.05, 3.63) is 45.0 Å². The van der Waals surface area contributed by atoms with E-state index in [0.717, 1.165) is 65.6 Å². The minimum atomic E-state index is 0.0747. The first-order chi connectivity index (χ1) is 13.3. The highest BCUT2D eigenvalue weighted by atomic mass is 32.2. The van der Waals surface area contributed by atoms with Crippen LogP contribution in [0, 0.1) is 0 Å². The standard InChI is InChI=1S/C20H22N2O3S2/c23-19-17-15-7-1-2-8-16(15)27-18(17)21-20(26-12-14-6-4-10-25-14)22(19)11-13-5-3-9-24-13/h3,5,9,14H,1-2,4,6-8,10-12H2/t14-/m1/s1. The molecule has 7 heteroatoms. The van der Waals surface area contributed by atoms with E-state index in [2.05, 4.69) is 0 Å². The summed E-state index contributed by atoms with van der Waals surface area (Å²) in [7, 11) is 0. The minimum absolute atomic E-state index is 0.0747. The number of hydrogen-bond acceptors (Lipinski definition) is 6. The van der Waals surface area contributed by atoms with E-state index in [1.54, 1.807) is 33.9 Å². The van der Waals surface area contributed by atoms with Crippen LogP contribution in [0.1, 0.15) is 41.9 Å². The molecule has 1 fully saturated rings. The van der Waals surface area contributed by atoms with E-state index in [-0.39, 0.29) is 11.7 Å². The van der Waals surface area contributed by atoms with Crippen molar-refractivity contribution in [1.82, 2.24) is 9.55 Å². The zero-order valence-corrected chi connectivity index (χ0v) is 16.7. The predicted molar refractivity (Wildman–Crippen MR) is 108 cm³/mol. The molecule has 1 aliphatic heterocycles. The smallest absolute Gasteiger partial charge is 0.263 e. The predicted octanol–water partition coefficient (Wildman–Crippen LogP) is 4.25. The summed E-state index contributed by atoms with van der Waals surface area (Å²) in [6, 6.07) is 3.77. The van der Waals surface area contributed by atoms with Crippen molar-refractivity contribution in [2.45, 2.75) is 56.3 Å². The molecule has 0 bridgehead atoms. The number of hydrogen-bond donors (Lipinski definition) is 0. The van der Waals surface area contributed by atoms with Gasteiger partial charge in [0.2, 0.25) is 0 Å². The minimum Gasteiger partial charge on any atom is -0.467 e. The van der Waals surface area contributed by atoms with Crippen LogP contribution in [-0.4, -0.2) is 28.0 Å². The van der Waals surface area contributed by atoms with Crippen molar-refractivity contribution < 1.29 is 9.15 Å². The maximum atomic E-state index is 13.4. The Morgan fingerprint density at radius 1 is 1.30 bits per heavy atom. The van der Waals surface area contributed by atoms with Gasteiger partial charge in [0.1, 0.15) is 10.6 Å². The molecule has 4 heterocycles. The highest BCUT2D eigenvalue weighted by Crippen LogP contribution is 2.35. The topological polar surface area (TPSA) is 57.3 Å². The molecule has 0 spiro atoms. The molecule has 0 N–H and O–H groups in total. The lowest BCUT2D eigenvalue weighted by Crippen LogP contribution is -2.24. The molecule has 27 heavy (non-hydrogen) atoms. The van der Waals surface area contributed by atoms with Crippen molar-refractivity contribution in [1.29, 1.82) is 0 Å². The first-order valence-electron chi connectivity index (χ1n) is 9.61. The fraction of sp³-hybridized carbons (Fsp3) is 0.500. The quantitative estimate of drug-likeness (QED) is 0.472. The van der Waals surface area contributed by atoms with Gasteiger partial charge in [-0.3, -0.25) is 9.36 Å². The number of aryl methyl sites for hydroxylation is 2. The number of thioether (sulfide) groups is 1. The van der Waals surface area contributed by atoms with Crippen LogP contribution in [0.25, 0.3) is 10.2 Å². The van der Waals surface area contributed by atoms with E-state index in [0.29, 0.717) is 6.54 Å². The van der Waals surface area contributed by atoms with E-state index in [1.165, 1.54) is 16.9 Å². The van der Waals surface area contributed by atoms with E-state index in [1.807, 2.05) is 12.1 Å². The molecular weight excluding hydrogens is 380 g/mol. The van der Waals surface area contributed by atoms with Gasteiger partial charge in [0, 0.05) is 17.2 Å². The molecule has 1 atom stereocenters. The van der Waals surface area contributed by atoms with Crippen LogP contribution in [0.5, 0.6) is 0 Å². The average molecular weight is 403 g/mol. The van der Waals surface area contributed by atoms with Crippen molar-refractivity contribution in [2.24, 2.45) is 0 Å². The van der Waals surface area contributed by atoms with Gasteiger partial charge in [-0.1, -0.05) is 11.8 Å². The monoisotopic (exact) mass is 402 g/mol. The number of rotatable bonds is 5. The van der Waals surface area contributed by atoms with E-state index in [4.69, 9.17) is 14.1 Å². The van der Waals surface area contributed by atoms with Crippen LogP contribution < -0.4 is 5.56 Å². The maximum absolute atomic E-state index is 13.4. The molecule has 2 aliphatic rings. The summed E-state index contributed by atoms with van der Waals surface area (Å²) in [6.07, 6.45) is 8.56. The lowest BCUT2D eigenvalue weighted by atomic mass is 9.97. The zero-order valence-electron chi connectivity index (χ0n) is 15.1. The van der Waals surface area contributed by atoms with Gasteiger partial charge in [-0.25, -0.2) is 4.98 Å². The number of thiophene rings is 1. The summed E-state index contributed by atoms with van der Waals surface area (Å²) in [5.41, 5.74) is 1.31. The van der Waals surface area contributed by atoms with Crippen LogP contribution in [-0.2, 0) is 24.1 Å². The second kappa shape index (κ2) is 7.45. The van der Waals surface area contributed by atoms with Crippen molar-refractivity contribution in [3.8, 4) is 0 Å². The molecule has 1 aliphatic carbocycles. The molecule has 0 saturated carbocycles. The van der Waals surface area contributed by atoms with Gasteiger partial charge in [0.05, 0.1) is 24.3 Å². The lowest BCUT2D eigenvalue weighted by molar-refractivity contribution is 0.129. The third-order valence-electron chi connectivity index (χ3n) is 5.36.